The summed E-state index contributed by atoms with van der Waals surface area (Å²) in [6.07, 6.45) is 1.48. The molecule has 0 aliphatic carbocycles. The van der Waals surface area contributed by atoms with Gasteiger partial charge in [0.25, 0.3) is 5.91 Å². The van der Waals surface area contributed by atoms with Gasteiger partial charge in [-0.25, -0.2) is 4.98 Å². The van der Waals surface area contributed by atoms with Crippen LogP contribution in [0.2, 0.25) is 5.02 Å². The smallest absolute Gasteiger partial charge is 0.257 e. The van der Waals surface area contributed by atoms with Crippen molar-refractivity contribution in [2.24, 2.45) is 12.8 Å². The Balaban J connectivity index is 1.88. The summed E-state index contributed by atoms with van der Waals surface area (Å²) in [5.41, 5.74) is 7.75. The lowest BCUT2D eigenvalue weighted by Gasteiger charge is -2.07. The second-order valence-corrected chi connectivity index (χ2v) is 5.72. The van der Waals surface area contributed by atoms with Crippen molar-refractivity contribution in [1.29, 1.82) is 0 Å². The van der Waals surface area contributed by atoms with Crippen molar-refractivity contribution in [3.63, 3.8) is 0 Å². The summed E-state index contributed by atoms with van der Waals surface area (Å²) in [6, 6.07) is 6.23. The van der Waals surface area contributed by atoms with Crippen LogP contribution in [-0.2, 0) is 7.05 Å². The van der Waals surface area contributed by atoms with E-state index in [1.54, 1.807) is 23.9 Å². The van der Waals surface area contributed by atoms with Gasteiger partial charge in [0, 0.05) is 24.3 Å². The molecule has 1 aromatic carbocycles. The number of benzene rings is 1. The van der Waals surface area contributed by atoms with E-state index in [4.69, 9.17) is 17.3 Å². The molecule has 0 spiro atoms. The number of carbonyl (C=O) groups is 2. The first-order valence-corrected chi connectivity index (χ1v) is 7.44. The van der Waals surface area contributed by atoms with Crippen LogP contribution in [0.3, 0.4) is 0 Å². The molecule has 0 atom stereocenters. The minimum absolute atomic E-state index is 0.178. The highest BCUT2D eigenvalue weighted by atomic mass is 35.5. The van der Waals surface area contributed by atoms with Crippen molar-refractivity contribution >= 4 is 40.1 Å². The molecule has 2 heterocycles. The number of fused-ring (bicyclic) bond motifs is 1. The summed E-state index contributed by atoms with van der Waals surface area (Å²) >= 11 is 5.98. The average molecular weight is 344 g/mol. The number of nitrogens with two attached hydrogens (primary N) is 1. The molecule has 0 radical (unpaired) electrons. The second kappa shape index (κ2) is 5.93. The second-order valence-electron chi connectivity index (χ2n) is 5.32. The fourth-order valence-electron chi connectivity index (χ4n) is 2.43. The molecule has 0 bridgehead atoms. The Morgan fingerprint density at radius 3 is 2.71 bits per heavy atom. The number of primary amides is 1. The Morgan fingerprint density at radius 2 is 2.04 bits per heavy atom. The minimum Gasteiger partial charge on any atom is -0.366 e. The fraction of sp³-hybridized carbons (Fsp3) is 0.125. The average Bonchev–Trinajstić information content (AvgIpc) is 2.81. The van der Waals surface area contributed by atoms with Gasteiger partial charge < -0.3 is 11.1 Å². The van der Waals surface area contributed by atoms with E-state index in [0.29, 0.717) is 16.9 Å². The Bertz CT molecular complexity index is 980. The highest BCUT2D eigenvalue weighted by molar-refractivity contribution is 6.34. The van der Waals surface area contributed by atoms with Gasteiger partial charge in [0.2, 0.25) is 5.91 Å². The predicted octanol–water partition coefficient (Wildman–Crippen LogP) is 2.28. The van der Waals surface area contributed by atoms with E-state index in [0.717, 1.165) is 11.1 Å². The van der Waals surface area contributed by atoms with E-state index >= 15 is 0 Å². The van der Waals surface area contributed by atoms with Crippen LogP contribution < -0.4 is 11.1 Å². The van der Waals surface area contributed by atoms with Crippen molar-refractivity contribution in [2.75, 3.05) is 5.32 Å². The minimum atomic E-state index is -0.625. The van der Waals surface area contributed by atoms with Crippen molar-refractivity contribution in [3.8, 4) is 0 Å². The zero-order valence-electron chi connectivity index (χ0n) is 13.0. The van der Waals surface area contributed by atoms with Gasteiger partial charge in [-0.05, 0) is 31.2 Å². The van der Waals surface area contributed by atoms with Crippen LogP contribution >= 0.6 is 11.6 Å². The van der Waals surface area contributed by atoms with Gasteiger partial charge in [0.05, 0.1) is 21.8 Å². The maximum absolute atomic E-state index is 12.4. The third-order valence-corrected chi connectivity index (χ3v) is 3.93. The number of hydrogen-bond donors (Lipinski definition) is 2. The molecule has 3 aromatic rings. The standard InChI is InChI=1S/C16H14ClN5O2/c1-8-12-5-9(7-19-15(12)22(2)21-8)16(24)20-10-3-4-11(14(18)23)13(17)6-10/h3-7H,1-2H3,(H2,18,23)(H,20,24). The van der Waals surface area contributed by atoms with E-state index in [1.807, 2.05) is 6.92 Å². The molecular formula is C16H14ClN5O2. The van der Waals surface area contributed by atoms with Crippen LogP contribution in [0.5, 0.6) is 0 Å². The van der Waals surface area contributed by atoms with E-state index in [1.165, 1.54) is 18.3 Å². The lowest BCUT2D eigenvalue weighted by molar-refractivity contribution is 0.0998. The molecule has 2 aromatic heterocycles. The highest BCUT2D eigenvalue weighted by Gasteiger charge is 2.13. The fourth-order valence-corrected chi connectivity index (χ4v) is 2.70. The van der Waals surface area contributed by atoms with Gasteiger partial charge in [-0.15, -0.1) is 0 Å². The van der Waals surface area contributed by atoms with Crippen molar-refractivity contribution in [3.05, 3.63) is 52.3 Å². The van der Waals surface area contributed by atoms with Crippen LogP contribution in [-0.4, -0.2) is 26.6 Å². The normalized spacial score (nSPS) is 10.8. The zero-order chi connectivity index (χ0) is 17.4. The van der Waals surface area contributed by atoms with Crippen molar-refractivity contribution < 1.29 is 9.59 Å². The number of nitrogens with zero attached hydrogens (tertiary/aromatic N) is 3. The summed E-state index contributed by atoms with van der Waals surface area (Å²) in [7, 11) is 1.80. The summed E-state index contributed by atoms with van der Waals surface area (Å²) in [6.45, 7) is 1.86. The summed E-state index contributed by atoms with van der Waals surface area (Å²) < 4.78 is 1.66. The summed E-state index contributed by atoms with van der Waals surface area (Å²) in [5.74, 6) is -0.963. The van der Waals surface area contributed by atoms with Gasteiger partial charge in [0.15, 0.2) is 5.65 Å². The molecule has 7 nitrogen and oxygen atoms in total. The molecular weight excluding hydrogens is 330 g/mol. The van der Waals surface area contributed by atoms with Crippen LogP contribution in [0.25, 0.3) is 11.0 Å². The number of aryl methyl sites for hydroxylation is 2. The number of halogens is 1. The molecule has 0 unspecified atom stereocenters. The predicted molar refractivity (Wildman–Crippen MR) is 91.2 cm³/mol. The number of pyridine rings is 1. The number of rotatable bonds is 3. The van der Waals surface area contributed by atoms with Crippen LogP contribution in [0.4, 0.5) is 5.69 Å². The van der Waals surface area contributed by atoms with E-state index < -0.39 is 5.91 Å². The first kappa shape index (κ1) is 15.9. The molecule has 8 heteroatoms. The molecule has 0 saturated heterocycles. The Kier molecular flexibility index (Phi) is 3.94. The molecule has 3 N–H and O–H groups in total. The van der Waals surface area contributed by atoms with Crippen LogP contribution in [0.15, 0.2) is 30.5 Å². The van der Waals surface area contributed by atoms with Crippen LogP contribution in [0.1, 0.15) is 26.4 Å². The SMILES string of the molecule is Cc1nn(C)c2ncc(C(=O)Nc3ccc(C(N)=O)c(Cl)c3)cc12. The molecule has 0 aliphatic rings. The Hall–Kier alpha value is -2.93. The van der Waals surface area contributed by atoms with Gasteiger partial charge in [0.1, 0.15) is 0 Å². The first-order valence-electron chi connectivity index (χ1n) is 7.07. The Labute approximate surface area is 142 Å². The van der Waals surface area contributed by atoms with Gasteiger partial charge >= 0.3 is 0 Å². The molecule has 3 rings (SSSR count). The molecule has 0 saturated carbocycles. The lowest BCUT2D eigenvalue weighted by Crippen LogP contribution is -2.14. The number of carbonyl (C=O) groups excluding carboxylic acids is 2. The highest BCUT2D eigenvalue weighted by Crippen LogP contribution is 2.22. The number of hydrogen-bond acceptors (Lipinski definition) is 4. The third kappa shape index (κ3) is 2.81. The molecule has 2 amide bonds. The first-order chi connectivity index (χ1) is 11.4. The molecule has 0 fully saturated rings. The monoisotopic (exact) mass is 343 g/mol. The maximum atomic E-state index is 12.4. The van der Waals surface area contributed by atoms with Gasteiger partial charge in [-0.3, -0.25) is 14.3 Å². The summed E-state index contributed by atoms with van der Waals surface area (Å²) in [4.78, 5) is 27.8. The molecule has 122 valence electrons. The third-order valence-electron chi connectivity index (χ3n) is 3.62. The van der Waals surface area contributed by atoms with Crippen molar-refractivity contribution in [1.82, 2.24) is 14.8 Å². The number of nitrogens with one attached hydrogen (secondary N) is 1. The number of aromatic nitrogens is 3. The summed E-state index contributed by atoms with van der Waals surface area (Å²) in [5, 5.41) is 7.98. The topological polar surface area (TPSA) is 103 Å². The van der Waals surface area contributed by atoms with E-state index in [9.17, 15) is 9.59 Å². The van der Waals surface area contributed by atoms with E-state index in [-0.39, 0.29) is 16.5 Å². The molecule has 0 aliphatic heterocycles. The number of amides is 2. The van der Waals surface area contributed by atoms with Gasteiger partial charge in [-0.2, -0.15) is 5.10 Å². The number of anilines is 1. The largest absolute Gasteiger partial charge is 0.366 e. The molecule has 24 heavy (non-hydrogen) atoms. The maximum Gasteiger partial charge on any atom is 0.257 e. The van der Waals surface area contributed by atoms with Crippen molar-refractivity contribution in [2.45, 2.75) is 6.92 Å². The quantitative estimate of drug-likeness (QED) is 0.761. The van der Waals surface area contributed by atoms with Crippen LogP contribution in [0, 0.1) is 6.92 Å². The van der Waals surface area contributed by atoms with Gasteiger partial charge in [-0.1, -0.05) is 11.6 Å². The Morgan fingerprint density at radius 1 is 1.29 bits per heavy atom. The lowest BCUT2D eigenvalue weighted by atomic mass is 10.1. The zero-order valence-corrected chi connectivity index (χ0v) is 13.8. The van der Waals surface area contributed by atoms with E-state index in [2.05, 4.69) is 15.4 Å².